The average molecular weight is 443 g/mol. The molecule has 33 heavy (non-hydrogen) atoms. The van der Waals surface area contributed by atoms with Gasteiger partial charge in [-0.2, -0.15) is 0 Å². The maximum atomic E-state index is 13.0. The van der Waals surface area contributed by atoms with Crippen molar-refractivity contribution in [2.45, 2.75) is 32.7 Å². The summed E-state index contributed by atoms with van der Waals surface area (Å²) in [6, 6.07) is 24.3. The van der Waals surface area contributed by atoms with Crippen molar-refractivity contribution in [1.29, 1.82) is 0 Å². The van der Waals surface area contributed by atoms with Crippen LogP contribution in [0.5, 0.6) is 5.75 Å². The standard InChI is InChI=1S/C28H30N2O3/c1-28(2,3)23-14-12-22(13-15-23)26(31)30-25(18-20-10-16-24(33-4)17-11-20)27(32)29-19-21-8-6-5-7-9-21/h5-18H,19H2,1-4H3,(H,29,32)(H,30,31). The van der Waals surface area contributed by atoms with Gasteiger partial charge in [-0.05, 0) is 52.4 Å². The maximum absolute atomic E-state index is 13.0. The predicted molar refractivity (Wildman–Crippen MR) is 132 cm³/mol. The van der Waals surface area contributed by atoms with Crippen molar-refractivity contribution in [3.05, 3.63) is 107 Å². The zero-order valence-electron chi connectivity index (χ0n) is 19.5. The van der Waals surface area contributed by atoms with Crippen LogP contribution in [0.1, 0.15) is 47.8 Å². The average Bonchev–Trinajstić information content (AvgIpc) is 2.82. The fourth-order valence-electron chi connectivity index (χ4n) is 3.21. The van der Waals surface area contributed by atoms with Crippen LogP contribution in [0.25, 0.3) is 6.08 Å². The molecule has 0 saturated carbocycles. The van der Waals surface area contributed by atoms with E-state index in [1.54, 1.807) is 37.5 Å². The highest BCUT2D eigenvalue weighted by Crippen LogP contribution is 2.22. The Morgan fingerprint density at radius 2 is 1.52 bits per heavy atom. The number of benzene rings is 3. The van der Waals surface area contributed by atoms with E-state index in [9.17, 15) is 9.59 Å². The molecule has 3 rings (SSSR count). The smallest absolute Gasteiger partial charge is 0.268 e. The van der Waals surface area contributed by atoms with Crippen molar-refractivity contribution in [2.24, 2.45) is 0 Å². The Labute approximate surface area is 195 Å². The number of hydrogen-bond donors (Lipinski definition) is 2. The molecule has 2 amide bonds. The van der Waals surface area contributed by atoms with Gasteiger partial charge in [0.25, 0.3) is 11.8 Å². The van der Waals surface area contributed by atoms with Crippen molar-refractivity contribution in [1.82, 2.24) is 10.6 Å². The van der Waals surface area contributed by atoms with Crippen molar-refractivity contribution < 1.29 is 14.3 Å². The first-order valence-corrected chi connectivity index (χ1v) is 10.9. The molecule has 2 N–H and O–H groups in total. The summed E-state index contributed by atoms with van der Waals surface area (Å²) in [6.07, 6.45) is 1.65. The van der Waals surface area contributed by atoms with Gasteiger partial charge >= 0.3 is 0 Å². The van der Waals surface area contributed by atoms with Gasteiger partial charge in [0, 0.05) is 12.1 Å². The summed E-state index contributed by atoms with van der Waals surface area (Å²) in [6.45, 7) is 6.72. The Morgan fingerprint density at radius 3 is 2.09 bits per heavy atom. The first-order chi connectivity index (χ1) is 15.8. The third-order valence-corrected chi connectivity index (χ3v) is 5.23. The lowest BCUT2D eigenvalue weighted by atomic mass is 9.87. The number of amides is 2. The summed E-state index contributed by atoms with van der Waals surface area (Å²) in [5.41, 5.74) is 3.52. The van der Waals surface area contributed by atoms with Crippen molar-refractivity contribution in [3.8, 4) is 5.75 Å². The summed E-state index contributed by atoms with van der Waals surface area (Å²) in [5, 5.41) is 5.66. The van der Waals surface area contributed by atoms with Crippen LogP contribution >= 0.6 is 0 Å². The molecule has 0 aliphatic rings. The second-order valence-corrected chi connectivity index (χ2v) is 8.78. The lowest BCUT2D eigenvalue weighted by Gasteiger charge is -2.19. The fraction of sp³-hybridized carbons (Fsp3) is 0.214. The lowest BCUT2D eigenvalue weighted by molar-refractivity contribution is -0.117. The normalized spacial score (nSPS) is 11.6. The summed E-state index contributed by atoms with van der Waals surface area (Å²) < 4.78 is 5.20. The molecule has 0 aromatic heterocycles. The minimum absolute atomic E-state index is 0.00818. The molecule has 0 heterocycles. The van der Waals surface area contributed by atoms with Gasteiger partial charge in [-0.3, -0.25) is 9.59 Å². The molecular weight excluding hydrogens is 412 g/mol. The Hall–Kier alpha value is -3.86. The highest BCUT2D eigenvalue weighted by atomic mass is 16.5. The van der Waals surface area contributed by atoms with E-state index in [1.165, 1.54) is 0 Å². The van der Waals surface area contributed by atoms with Crippen LogP contribution in [0.4, 0.5) is 0 Å². The van der Waals surface area contributed by atoms with Gasteiger partial charge in [0.15, 0.2) is 0 Å². The number of carbonyl (C=O) groups is 2. The van der Waals surface area contributed by atoms with Crippen LogP contribution in [0.2, 0.25) is 0 Å². The van der Waals surface area contributed by atoms with E-state index in [0.717, 1.165) is 16.7 Å². The third-order valence-electron chi connectivity index (χ3n) is 5.23. The van der Waals surface area contributed by atoms with Crippen LogP contribution in [0, 0.1) is 0 Å². The largest absolute Gasteiger partial charge is 0.497 e. The molecule has 0 fully saturated rings. The number of ether oxygens (including phenoxy) is 1. The van der Waals surface area contributed by atoms with Crippen LogP contribution in [-0.4, -0.2) is 18.9 Å². The monoisotopic (exact) mass is 442 g/mol. The molecule has 0 aliphatic carbocycles. The Bertz CT molecular complexity index is 1110. The minimum atomic E-state index is -0.366. The number of nitrogens with one attached hydrogen (secondary N) is 2. The second-order valence-electron chi connectivity index (χ2n) is 8.78. The topological polar surface area (TPSA) is 67.4 Å². The van der Waals surface area contributed by atoms with Crippen LogP contribution in [0.15, 0.2) is 84.6 Å². The Balaban J connectivity index is 1.81. The van der Waals surface area contributed by atoms with Crippen molar-refractivity contribution in [2.75, 3.05) is 7.11 Å². The van der Waals surface area contributed by atoms with Gasteiger partial charge in [-0.1, -0.05) is 75.4 Å². The first-order valence-electron chi connectivity index (χ1n) is 10.9. The van der Waals surface area contributed by atoms with E-state index in [2.05, 4.69) is 31.4 Å². The molecular formula is C28H30N2O3. The SMILES string of the molecule is COc1ccc(C=C(NC(=O)c2ccc(C(C)(C)C)cc2)C(=O)NCc2ccccc2)cc1. The number of carbonyl (C=O) groups excluding carboxylic acids is 2. The third kappa shape index (κ3) is 6.81. The van der Waals surface area contributed by atoms with Crippen LogP contribution < -0.4 is 15.4 Å². The summed E-state index contributed by atoms with van der Waals surface area (Å²) in [5.74, 6) is 0.00428. The highest BCUT2D eigenvalue weighted by Gasteiger charge is 2.17. The highest BCUT2D eigenvalue weighted by molar-refractivity contribution is 6.05. The molecule has 3 aromatic carbocycles. The fourth-order valence-corrected chi connectivity index (χ4v) is 3.21. The zero-order chi connectivity index (χ0) is 23.8. The minimum Gasteiger partial charge on any atom is -0.497 e. The van der Waals surface area contributed by atoms with Crippen LogP contribution in [-0.2, 0) is 16.8 Å². The zero-order valence-corrected chi connectivity index (χ0v) is 19.5. The number of hydrogen-bond acceptors (Lipinski definition) is 3. The molecule has 3 aromatic rings. The van der Waals surface area contributed by atoms with Crippen molar-refractivity contribution >= 4 is 17.9 Å². The second kappa shape index (κ2) is 10.6. The van der Waals surface area contributed by atoms with E-state index in [4.69, 9.17) is 4.74 Å². The van der Waals surface area contributed by atoms with Gasteiger partial charge in [0.05, 0.1) is 7.11 Å². The summed E-state index contributed by atoms with van der Waals surface area (Å²) in [7, 11) is 1.60. The van der Waals surface area contributed by atoms with E-state index < -0.39 is 0 Å². The molecule has 170 valence electrons. The molecule has 0 spiro atoms. The summed E-state index contributed by atoms with van der Waals surface area (Å²) >= 11 is 0. The molecule has 0 atom stereocenters. The van der Waals surface area contributed by atoms with Crippen LogP contribution in [0.3, 0.4) is 0 Å². The number of rotatable bonds is 7. The van der Waals surface area contributed by atoms with Gasteiger partial charge in [-0.25, -0.2) is 0 Å². The molecule has 5 nitrogen and oxygen atoms in total. The molecule has 0 saturated heterocycles. The van der Waals surface area contributed by atoms with Gasteiger partial charge in [0.1, 0.15) is 11.4 Å². The van der Waals surface area contributed by atoms with Gasteiger partial charge in [0.2, 0.25) is 0 Å². The molecule has 5 heteroatoms. The first kappa shape index (κ1) is 23.8. The van der Waals surface area contributed by atoms with Gasteiger partial charge < -0.3 is 15.4 Å². The van der Waals surface area contributed by atoms with Gasteiger partial charge in [-0.15, -0.1) is 0 Å². The Morgan fingerprint density at radius 1 is 0.879 bits per heavy atom. The maximum Gasteiger partial charge on any atom is 0.268 e. The molecule has 0 unspecified atom stereocenters. The molecule has 0 aliphatic heterocycles. The Kier molecular flexibility index (Phi) is 7.67. The quantitative estimate of drug-likeness (QED) is 0.502. The number of methoxy groups -OCH3 is 1. The predicted octanol–water partition coefficient (Wildman–Crippen LogP) is 5.08. The molecule has 0 bridgehead atoms. The van der Waals surface area contributed by atoms with E-state index in [1.807, 2.05) is 54.6 Å². The lowest BCUT2D eigenvalue weighted by Crippen LogP contribution is -2.34. The molecule has 0 radical (unpaired) electrons. The van der Waals surface area contributed by atoms with E-state index in [-0.39, 0.29) is 22.9 Å². The summed E-state index contributed by atoms with van der Waals surface area (Å²) in [4.78, 5) is 25.9. The van der Waals surface area contributed by atoms with E-state index >= 15 is 0 Å². The van der Waals surface area contributed by atoms with E-state index in [0.29, 0.717) is 17.9 Å². The van der Waals surface area contributed by atoms with Crippen molar-refractivity contribution in [3.63, 3.8) is 0 Å².